The smallest absolute Gasteiger partial charge is 0.280 e. The molecule has 1 rings (SSSR count). The number of carbonyl (C=O) groups is 1. The average molecular weight is 244 g/mol. The Hall–Kier alpha value is -1.24. The summed E-state index contributed by atoms with van der Waals surface area (Å²) in [5.74, 6) is 0.784. The van der Waals surface area contributed by atoms with Gasteiger partial charge in [0, 0.05) is 13.1 Å². The number of amides is 1. The number of aromatic nitrogens is 2. The average Bonchev–Trinajstić information content (AvgIpc) is 2.70. The summed E-state index contributed by atoms with van der Waals surface area (Å²) in [6.45, 7) is 1.98. The fraction of sp³-hybridized carbons (Fsp3) is 0.667. The summed E-state index contributed by atoms with van der Waals surface area (Å²) in [6.07, 6.45) is 2.96. The van der Waals surface area contributed by atoms with E-state index >= 15 is 0 Å². The second kappa shape index (κ2) is 5.74. The molecule has 16 heavy (non-hydrogen) atoms. The maximum Gasteiger partial charge on any atom is 0.280 e. The first kappa shape index (κ1) is 12.8. The van der Waals surface area contributed by atoms with E-state index in [-0.39, 0.29) is 23.5 Å². The summed E-state index contributed by atoms with van der Waals surface area (Å²) in [7, 11) is 1.72. The second-order valence-corrected chi connectivity index (χ2v) is 4.53. The Bertz CT molecular complexity index is 355. The number of anilines is 1. The highest BCUT2D eigenvalue weighted by atomic mass is 32.2. The van der Waals surface area contributed by atoms with Gasteiger partial charge >= 0.3 is 0 Å². The highest BCUT2D eigenvalue weighted by molar-refractivity contribution is 7.98. The molecule has 0 aliphatic carbocycles. The molecule has 0 saturated carbocycles. The lowest BCUT2D eigenvalue weighted by atomic mass is 10.2. The molecule has 0 aliphatic heterocycles. The van der Waals surface area contributed by atoms with Crippen molar-refractivity contribution in [3.05, 3.63) is 5.69 Å². The minimum absolute atomic E-state index is 0.0360. The number of nitrogens with two attached hydrogens (primary N) is 1. The zero-order chi connectivity index (χ0) is 12.1. The maximum absolute atomic E-state index is 11.9. The Kier molecular flexibility index (Phi) is 4.60. The molecule has 1 unspecified atom stereocenters. The van der Waals surface area contributed by atoms with Gasteiger partial charge in [0.1, 0.15) is 0 Å². The minimum atomic E-state index is -0.257. The van der Waals surface area contributed by atoms with Gasteiger partial charge in [-0.15, -0.1) is 0 Å². The highest BCUT2D eigenvalue weighted by Gasteiger charge is 2.23. The number of nitrogens with zero attached hydrogens (tertiary/aromatic N) is 3. The summed E-state index contributed by atoms with van der Waals surface area (Å²) in [4.78, 5) is 13.5. The molecule has 2 N–H and O–H groups in total. The van der Waals surface area contributed by atoms with E-state index in [4.69, 9.17) is 5.73 Å². The first-order valence-electron chi connectivity index (χ1n) is 4.92. The molecule has 0 bridgehead atoms. The Balaban J connectivity index is 2.64. The Morgan fingerprint density at radius 1 is 1.62 bits per heavy atom. The molecular formula is C9H16N4O2S. The van der Waals surface area contributed by atoms with Crippen LogP contribution in [0, 0.1) is 0 Å². The Labute approximate surface area is 98.5 Å². The summed E-state index contributed by atoms with van der Waals surface area (Å²) < 4.78 is 4.40. The molecule has 0 aromatic carbocycles. The molecule has 1 amide bonds. The van der Waals surface area contributed by atoms with Crippen LogP contribution in [0.15, 0.2) is 4.63 Å². The van der Waals surface area contributed by atoms with Crippen LogP contribution >= 0.6 is 11.8 Å². The van der Waals surface area contributed by atoms with E-state index in [9.17, 15) is 4.79 Å². The Morgan fingerprint density at radius 2 is 2.31 bits per heavy atom. The monoisotopic (exact) mass is 244 g/mol. The molecule has 7 heteroatoms. The van der Waals surface area contributed by atoms with Crippen LogP contribution in [0.4, 0.5) is 5.82 Å². The summed E-state index contributed by atoms with van der Waals surface area (Å²) in [5.41, 5.74) is 5.54. The van der Waals surface area contributed by atoms with Crippen molar-refractivity contribution in [2.75, 3.05) is 24.8 Å². The number of carbonyl (C=O) groups excluding carboxylic acids is 1. The van der Waals surface area contributed by atoms with E-state index in [0.29, 0.717) is 0 Å². The van der Waals surface area contributed by atoms with Gasteiger partial charge in [-0.3, -0.25) is 4.79 Å². The second-order valence-electron chi connectivity index (χ2n) is 3.54. The van der Waals surface area contributed by atoms with Gasteiger partial charge in [0.15, 0.2) is 0 Å². The van der Waals surface area contributed by atoms with E-state index in [2.05, 4.69) is 14.9 Å². The van der Waals surface area contributed by atoms with Gasteiger partial charge in [0.05, 0.1) is 0 Å². The molecule has 1 atom stereocenters. The summed E-state index contributed by atoms with van der Waals surface area (Å²) in [6, 6.07) is 0.135. The van der Waals surface area contributed by atoms with Gasteiger partial charge in [-0.2, -0.15) is 11.8 Å². The van der Waals surface area contributed by atoms with Crippen molar-refractivity contribution in [1.82, 2.24) is 15.2 Å². The number of hydrogen-bond donors (Lipinski definition) is 1. The lowest BCUT2D eigenvalue weighted by Gasteiger charge is -2.23. The number of hydrogen-bond acceptors (Lipinski definition) is 6. The summed E-state index contributed by atoms with van der Waals surface area (Å²) in [5, 5.41) is 6.87. The zero-order valence-corrected chi connectivity index (χ0v) is 10.5. The maximum atomic E-state index is 11.9. The lowest BCUT2D eigenvalue weighted by Crippen LogP contribution is -2.36. The highest BCUT2D eigenvalue weighted by Crippen LogP contribution is 2.12. The van der Waals surface area contributed by atoms with Gasteiger partial charge in [-0.05, 0) is 35.7 Å². The van der Waals surface area contributed by atoms with Crippen LogP contribution in [0.2, 0.25) is 0 Å². The molecule has 1 aromatic heterocycles. The molecule has 6 nitrogen and oxygen atoms in total. The predicted molar refractivity (Wildman–Crippen MR) is 63.3 cm³/mol. The van der Waals surface area contributed by atoms with Crippen molar-refractivity contribution in [2.24, 2.45) is 0 Å². The fourth-order valence-electron chi connectivity index (χ4n) is 1.19. The molecule has 0 aliphatic rings. The number of rotatable bonds is 5. The van der Waals surface area contributed by atoms with Crippen LogP contribution in [-0.4, -0.2) is 46.2 Å². The lowest BCUT2D eigenvalue weighted by molar-refractivity contribution is 0.0731. The van der Waals surface area contributed by atoms with Crippen LogP contribution < -0.4 is 5.73 Å². The first-order chi connectivity index (χ1) is 7.57. The van der Waals surface area contributed by atoms with Crippen LogP contribution in [-0.2, 0) is 0 Å². The van der Waals surface area contributed by atoms with E-state index in [1.807, 2.05) is 13.2 Å². The minimum Gasteiger partial charge on any atom is -0.379 e. The van der Waals surface area contributed by atoms with E-state index < -0.39 is 0 Å². The third kappa shape index (κ3) is 2.88. The number of nitrogen functional groups attached to an aromatic ring is 1. The summed E-state index contributed by atoms with van der Waals surface area (Å²) >= 11 is 1.75. The quantitative estimate of drug-likeness (QED) is 0.827. The zero-order valence-electron chi connectivity index (χ0n) is 9.64. The van der Waals surface area contributed by atoms with Crippen molar-refractivity contribution >= 4 is 23.5 Å². The molecule has 1 aromatic rings. The van der Waals surface area contributed by atoms with Crippen molar-refractivity contribution < 1.29 is 9.42 Å². The molecule has 0 fully saturated rings. The van der Waals surface area contributed by atoms with Gasteiger partial charge in [0.25, 0.3) is 5.91 Å². The van der Waals surface area contributed by atoms with E-state index in [1.54, 1.807) is 23.7 Å². The predicted octanol–water partition coefficient (Wildman–Crippen LogP) is 0.865. The van der Waals surface area contributed by atoms with Gasteiger partial charge in [-0.1, -0.05) is 0 Å². The van der Waals surface area contributed by atoms with Crippen molar-refractivity contribution in [2.45, 2.75) is 19.4 Å². The third-order valence-electron chi connectivity index (χ3n) is 2.44. The van der Waals surface area contributed by atoms with Crippen LogP contribution in [0.25, 0.3) is 0 Å². The molecule has 0 radical (unpaired) electrons. The number of thioether (sulfide) groups is 1. The van der Waals surface area contributed by atoms with E-state index in [1.165, 1.54) is 0 Å². The fourth-order valence-corrected chi connectivity index (χ4v) is 1.77. The van der Waals surface area contributed by atoms with Crippen LogP contribution in [0.5, 0.6) is 0 Å². The molecule has 90 valence electrons. The van der Waals surface area contributed by atoms with Gasteiger partial charge in [0.2, 0.25) is 11.5 Å². The van der Waals surface area contributed by atoms with Gasteiger partial charge < -0.3 is 10.6 Å². The topological polar surface area (TPSA) is 85.2 Å². The standard InChI is InChI=1S/C9H16N4O2S/c1-6(4-5-16-3)13(2)9(14)7-8(10)12-15-11-7/h6H,4-5H2,1-3H3,(H2,10,12). The third-order valence-corrected chi connectivity index (χ3v) is 3.08. The van der Waals surface area contributed by atoms with Crippen molar-refractivity contribution in [3.8, 4) is 0 Å². The van der Waals surface area contributed by atoms with Gasteiger partial charge in [-0.25, -0.2) is 4.63 Å². The largest absolute Gasteiger partial charge is 0.379 e. The van der Waals surface area contributed by atoms with E-state index in [0.717, 1.165) is 12.2 Å². The normalized spacial score (nSPS) is 12.4. The molecule has 0 spiro atoms. The van der Waals surface area contributed by atoms with Crippen molar-refractivity contribution in [3.63, 3.8) is 0 Å². The molecule has 1 heterocycles. The molecular weight excluding hydrogens is 228 g/mol. The SMILES string of the molecule is CSCCC(C)N(C)C(=O)c1nonc1N. The van der Waals surface area contributed by atoms with Crippen LogP contribution in [0.1, 0.15) is 23.8 Å². The van der Waals surface area contributed by atoms with Crippen molar-refractivity contribution in [1.29, 1.82) is 0 Å². The first-order valence-corrected chi connectivity index (χ1v) is 6.31. The molecule has 0 saturated heterocycles. The Morgan fingerprint density at radius 3 is 2.81 bits per heavy atom. The van der Waals surface area contributed by atoms with Crippen LogP contribution in [0.3, 0.4) is 0 Å².